The minimum absolute atomic E-state index is 0.0535. The number of amides is 3. The number of anilines is 1. The van der Waals surface area contributed by atoms with E-state index >= 15 is 0 Å². The average Bonchev–Trinajstić information content (AvgIpc) is 2.70. The van der Waals surface area contributed by atoms with Crippen LogP contribution in [0, 0.1) is 0 Å². The number of rotatable bonds is 3. The van der Waals surface area contributed by atoms with Crippen LogP contribution in [-0.4, -0.2) is 55.0 Å². The van der Waals surface area contributed by atoms with Crippen LogP contribution in [0.5, 0.6) is 5.75 Å². The molecular weight excluding hydrogens is 389 g/mol. The summed E-state index contributed by atoms with van der Waals surface area (Å²) in [6.45, 7) is 1.85. The van der Waals surface area contributed by atoms with Crippen LogP contribution in [0.25, 0.3) is 0 Å². The molecule has 0 aromatic heterocycles. The van der Waals surface area contributed by atoms with E-state index in [1.54, 1.807) is 59.4 Å². The zero-order valence-electron chi connectivity index (χ0n) is 14.7. The zero-order valence-corrected chi connectivity index (χ0v) is 16.3. The molecule has 0 atom stereocenters. The van der Waals surface area contributed by atoms with Gasteiger partial charge in [-0.3, -0.25) is 4.79 Å². The topological polar surface area (TPSA) is 61.9 Å². The average molecular weight is 408 g/mol. The Morgan fingerprint density at radius 1 is 0.926 bits per heavy atom. The molecule has 0 unspecified atom stereocenters. The molecular formula is C19H19Cl2N3O3. The van der Waals surface area contributed by atoms with Crippen LogP contribution in [0.2, 0.25) is 10.0 Å². The molecule has 3 amide bonds. The van der Waals surface area contributed by atoms with Crippen LogP contribution < -0.4 is 10.1 Å². The van der Waals surface area contributed by atoms with Crippen molar-refractivity contribution in [2.45, 2.75) is 0 Å². The number of methoxy groups -OCH3 is 1. The largest absolute Gasteiger partial charge is 0.497 e. The molecule has 142 valence electrons. The third-order valence-electron chi connectivity index (χ3n) is 4.36. The molecule has 0 aliphatic carbocycles. The molecule has 8 heteroatoms. The van der Waals surface area contributed by atoms with Gasteiger partial charge in [0, 0.05) is 37.4 Å². The van der Waals surface area contributed by atoms with Gasteiger partial charge in [0.1, 0.15) is 5.75 Å². The fourth-order valence-electron chi connectivity index (χ4n) is 2.81. The van der Waals surface area contributed by atoms with Gasteiger partial charge in [0.05, 0.1) is 17.2 Å². The Labute approximate surface area is 167 Å². The third-order valence-corrected chi connectivity index (χ3v) is 5.10. The first-order chi connectivity index (χ1) is 13.0. The van der Waals surface area contributed by atoms with E-state index in [1.165, 1.54) is 0 Å². The SMILES string of the molecule is COc1ccc(C(=O)N2CCN(C(=O)Nc3ccc(Cl)c(Cl)c3)CC2)cc1. The number of carbonyl (C=O) groups excluding carboxylic acids is 2. The quantitative estimate of drug-likeness (QED) is 0.836. The minimum atomic E-state index is -0.232. The molecule has 2 aromatic carbocycles. The van der Waals surface area contributed by atoms with Gasteiger partial charge in [0.2, 0.25) is 0 Å². The molecule has 1 aliphatic heterocycles. The second-order valence-electron chi connectivity index (χ2n) is 6.07. The van der Waals surface area contributed by atoms with Crippen LogP contribution in [-0.2, 0) is 0 Å². The minimum Gasteiger partial charge on any atom is -0.497 e. The van der Waals surface area contributed by atoms with E-state index < -0.39 is 0 Å². The number of piperazine rings is 1. The van der Waals surface area contributed by atoms with Crippen molar-refractivity contribution in [1.82, 2.24) is 9.80 Å². The molecule has 6 nitrogen and oxygen atoms in total. The highest BCUT2D eigenvalue weighted by Gasteiger charge is 2.25. The summed E-state index contributed by atoms with van der Waals surface area (Å²) >= 11 is 11.8. The van der Waals surface area contributed by atoms with E-state index in [0.29, 0.717) is 53.2 Å². The van der Waals surface area contributed by atoms with Crippen molar-refractivity contribution in [2.75, 3.05) is 38.6 Å². The highest BCUT2D eigenvalue weighted by Crippen LogP contribution is 2.25. The van der Waals surface area contributed by atoms with E-state index in [4.69, 9.17) is 27.9 Å². The van der Waals surface area contributed by atoms with E-state index in [1.807, 2.05) is 0 Å². The molecule has 2 aromatic rings. The Morgan fingerprint density at radius 2 is 1.56 bits per heavy atom. The van der Waals surface area contributed by atoms with Gasteiger partial charge in [-0.1, -0.05) is 23.2 Å². The summed E-state index contributed by atoms with van der Waals surface area (Å²) in [6.07, 6.45) is 0. The van der Waals surface area contributed by atoms with Gasteiger partial charge in [0.25, 0.3) is 5.91 Å². The van der Waals surface area contributed by atoms with Crippen molar-refractivity contribution in [3.05, 3.63) is 58.1 Å². The van der Waals surface area contributed by atoms with Crippen LogP contribution in [0.15, 0.2) is 42.5 Å². The van der Waals surface area contributed by atoms with Crippen molar-refractivity contribution in [1.29, 1.82) is 0 Å². The number of hydrogen-bond donors (Lipinski definition) is 1. The molecule has 1 fully saturated rings. The van der Waals surface area contributed by atoms with Crippen LogP contribution >= 0.6 is 23.2 Å². The Morgan fingerprint density at radius 3 is 2.15 bits per heavy atom. The number of nitrogens with zero attached hydrogens (tertiary/aromatic N) is 2. The smallest absolute Gasteiger partial charge is 0.321 e. The summed E-state index contributed by atoms with van der Waals surface area (Å²) in [6, 6.07) is 11.7. The molecule has 0 spiro atoms. The van der Waals surface area contributed by atoms with Crippen LogP contribution in [0.1, 0.15) is 10.4 Å². The first-order valence-electron chi connectivity index (χ1n) is 8.42. The van der Waals surface area contributed by atoms with Gasteiger partial charge >= 0.3 is 6.03 Å². The number of carbonyl (C=O) groups is 2. The number of ether oxygens (including phenoxy) is 1. The fourth-order valence-corrected chi connectivity index (χ4v) is 3.10. The highest BCUT2D eigenvalue weighted by molar-refractivity contribution is 6.42. The molecule has 1 aliphatic rings. The van der Waals surface area contributed by atoms with Crippen molar-refractivity contribution in [2.24, 2.45) is 0 Å². The fraction of sp³-hybridized carbons (Fsp3) is 0.263. The summed E-state index contributed by atoms with van der Waals surface area (Å²) < 4.78 is 5.11. The Hall–Kier alpha value is -2.44. The number of halogens is 2. The lowest BCUT2D eigenvalue weighted by Gasteiger charge is -2.34. The maximum Gasteiger partial charge on any atom is 0.321 e. The molecule has 3 rings (SSSR count). The van der Waals surface area contributed by atoms with Crippen LogP contribution in [0.3, 0.4) is 0 Å². The monoisotopic (exact) mass is 407 g/mol. The van der Waals surface area contributed by atoms with Crippen molar-refractivity contribution in [3.63, 3.8) is 0 Å². The molecule has 0 bridgehead atoms. The first kappa shape index (κ1) is 19.3. The lowest BCUT2D eigenvalue weighted by atomic mass is 10.1. The van der Waals surface area contributed by atoms with Gasteiger partial charge in [0.15, 0.2) is 0 Å². The van der Waals surface area contributed by atoms with Gasteiger partial charge < -0.3 is 19.9 Å². The van der Waals surface area contributed by atoms with E-state index in [9.17, 15) is 9.59 Å². The molecule has 0 radical (unpaired) electrons. The number of benzene rings is 2. The zero-order chi connectivity index (χ0) is 19.4. The van der Waals surface area contributed by atoms with Crippen molar-refractivity contribution >= 4 is 40.8 Å². The maximum atomic E-state index is 12.6. The third kappa shape index (κ3) is 4.64. The number of urea groups is 1. The van der Waals surface area contributed by atoms with Crippen LogP contribution in [0.4, 0.5) is 10.5 Å². The number of hydrogen-bond acceptors (Lipinski definition) is 3. The summed E-state index contributed by atoms with van der Waals surface area (Å²) in [4.78, 5) is 28.4. The predicted molar refractivity (Wildman–Crippen MR) is 106 cm³/mol. The van der Waals surface area contributed by atoms with Crippen molar-refractivity contribution in [3.8, 4) is 5.75 Å². The molecule has 27 heavy (non-hydrogen) atoms. The lowest BCUT2D eigenvalue weighted by Crippen LogP contribution is -2.51. The summed E-state index contributed by atoms with van der Waals surface area (Å²) in [5.74, 6) is 0.650. The maximum absolute atomic E-state index is 12.6. The van der Waals surface area contributed by atoms with Gasteiger partial charge in [-0.25, -0.2) is 4.79 Å². The second-order valence-corrected chi connectivity index (χ2v) is 6.88. The molecule has 0 saturated carbocycles. The van der Waals surface area contributed by atoms with Gasteiger partial charge in [-0.2, -0.15) is 0 Å². The van der Waals surface area contributed by atoms with E-state index in [0.717, 1.165) is 0 Å². The molecule has 1 saturated heterocycles. The summed E-state index contributed by atoms with van der Waals surface area (Å²) in [5.41, 5.74) is 1.18. The predicted octanol–water partition coefficient (Wildman–Crippen LogP) is 3.99. The van der Waals surface area contributed by atoms with E-state index in [-0.39, 0.29) is 11.9 Å². The van der Waals surface area contributed by atoms with Gasteiger partial charge in [-0.15, -0.1) is 0 Å². The molecule has 1 N–H and O–H groups in total. The second kappa shape index (κ2) is 8.50. The lowest BCUT2D eigenvalue weighted by molar-refractivity contribution is 0.0671. The Bertz CT molecular complexity index is 835. The normalized spacial score (nSPS) is 14.0. The first-order valence-corrected chi connectivity index (χ1v) is 9.18. The summed E-state index contributed by atoms with van der Waals surface area (Å²) in [7, 11) is 1.58. The molecule has 1 heterocycles. The standard InChI is InChI=1S/C19H19Cl2N3O3/c1-27-15-5-2-13(3-6-15)18(25)23-8-10-24(11-9-23)19(26)22-14-4-7-16(20)17(21)12-14/h2-7,12H,8-11H2,1H3,(H,22,26). The van der Waals surface area contributed by atoms with Gasteiger partial charge in [-0.05, 0) is 42.5 Å². The van der Waals surface area contributed by atoms with Crippen molar-refractivity contribution < 1.29 is 14.3 Å². The highest BCUT2D eigenvalue weighted by atomic mass is 35.5. The number of nitrogens with one attached hydrogen (secondary N) is 1. The Kier molecular flexibility index (Phi) is 6.08. The Balaban J connectivity index is 1.55. The summed E-state index contributed by atoms with van der Waals surface area (Å²) in [5, 5.41) is 3.60. The van der Waals surface area contributed by atoms with E-state index in [2.05, 4.69) is 5.32 Å².